The van der Waals surface area contributed by atoms with Crippen LogP contribution >= 0.6 is 0 Å². The standard InChI is InChI=1S/C11H24N2O2/c1-8(2)12-11(15)10(4)13(5)7-6-9(3)14/h8-10,14H,6-7H2,1-5H3,(H,12,15). The van der Waals surface area contributed by atoms with Crippen molar-refractivity contribution in [3.63, 3.8) is 0 Å². The first-order valence-corrected chi connectivity index (χ1v) is 5.53. The number of rotatable bonds is 6. The highest BCUT2D eigenvalue weighted by Gasteiger charge is 2.18. The third kappa shape index (κ3) is 6.47. The Balaban J connectivity index is 3.96. The van der Waals surface area contributed by atoms with Crippen molar-refractivity contribution >= 4 is 5.91 Å². The highest BCUT2D eigenvalue weighted by atomic mass is 16.3. The van der Waals surface area contributed by atoms with Gasteiger partial charge in [-0.1, -0.05) is 0 Å². The summed E-state index contributed by atoms with van der Waals surface area (Å²) in [7, 11) is 1.90. The Labute approximate surface area is 92.7 Å². The second-order valence-corrected chi connectivity index (χ2v) is 4.46. The Kier molecular flexibility index (Phi) is 6.52. The SMILES string of the molecule is CC(O)CCN(C)C(C)C(=O)NC(C)C. The molecule has 2 atom stereocenters. The fourth-order valence-electron chi connectivity index (χ4n) is 1.19. The molecule has 2 unspecified atom stereocenters. The van der Waals surface area contributed by atoms with Crippen LogP contribution in [0.2, 0.25) is 0 Å². The molecule has 0 saturated heterocycles. The molecule has 90 valence electrons. The molecular formula is C11H24N2O2. The van der Waals surface area contributed by atoms with Crippen LogP contribution < -0.4 is 5.32 Å². The van der Waals surface area contributed by atoms with Crippen molar-refractivity contribution in [3.8, 4) is 0 Å². The number of carbonyl (C=O) groups is 1. The number of nitrogens with one attached hydrogen (secondary N) is 1. The van der Waals surface area contributed by atoms with E-state index in [1.54, 1.807) is 6.92 Å². The Hall–Kier alpha value is -0.610. The number of carbonyl (C=O) groups excluding carboxylic acids is 1. The molecule has 0 aromatic carbocycles. The maximum Gasteiger partial charge on any atom is 0.237 e. The number of aliphatic hydroxyl groups is 1. The minimum Gasteiger partial charge on any atom is -0.393 e. The summed E-state index contributed by atoms with van der Waals surface area (Å²) in [5.74, 6) is 0.0399. The number of likely N-dealkylation sites (N-methyl/N-ethyl adjacent to an activating group) is 1. The van der Waals surface area contributed by atoms with Crippen LogP contribution in [0.15, 0.2) is 0 Å². The van der Waals surface area contributed by atoms with E-state index in [2.05, 4.69) is 5.32 Å². The van der Waals surface area contributed by atoms with Crippen LogP contribution in [0.3, 0.4) is 0 Å². The molecule has 0 fully saturated rings. The lowest BCUT2D eigenvalue weighted by Gasteiger charge is -2.25. The van der Waals surface area contributed by atoms with Gasteiger partial charge in [-0.15, -0.1) is 0 Å². The monoisotopic (exact) mass is 216 g/mol. The first kappa shape index (κ1) is 14.4. The summed E-state index contributed by atoms with van der Waals surface area (Å²) in [6.07, 6.45) is 0.378. The van der Waals surface area contributed by atoms with Gasteiger partial charge in [0.25, 0.3) is 0 Å². The van der Waals surface area contributed by atoms with Gasteiger partial charge in [-0.2, -0.15) is 0 Å². The number of amides is 1. The van der Waals surface area contributed by atoms with Crippen molar-refractivity contribution < 1.29 is 9.90 Å². The molecule has 0 spiro atoms. The maximum atomic E-state index is 11.6. The summed E-state index contributed by atoms with van der Waals surface area (Å²) in [5.41, 5.74) is 0. The van der Waals surface area contributed by atoms with Crippen LogP contribution in [-0.4, -0.2) is 47.7 Å². The molecule has 0 aliphatic rings. The second kappa shape index (κ2) is 6.80. The van der Waals surface area contributed by atoms with Crippen molar-refractivity contribution in [2.45, 2.75) is 52.3 Å². The molecule has 0 aromatic heterocycles. The van der Waals surface area contributed by atoms with E-state index >= 15 is 0 Å². The predicted molar refractivity (Wildman–Crippen MR) is 61.7 cm³/mol. The minimum atomic E-state index is -0.312. The van der Waals surface area contributed by atoms with Gasteiger partial charge in [-0.05, 0) is 41.2 Å². The molecule has 0 radical (unpaired) electrons. The van der Waals surface area contributed by atoms with Gasteiger partial charge >= 0.3 is 0 Å². The normalized spacial score (nSPS) is 15.5. The van der Waals surface area contributed by atoms with Crippen LogP contribution in [0, 0.1) is 0 Å². The molecule has 0 aliphatic heterocycles. The summed E-state index contributed by atoms with van der Waals surface area (Å²) in [6, 6.07) is 0.0243. The molecule has 0 saturated carbocycles. The fourth-order valence-corrected chi connectivity index (χ4v) is 1.19. The molecule has 0 aromatic rings. The van der Waals surface area contributed by atoms with Gasteiger partial charge in [0, 0.05) is 12.6 Å². The van der Waals surface area contributed by atoms with Crippen molar-refractivity contribution in [2.24, 2.45) is 0 Å². The molecule has 0 heterocycles. The third-order valence-corrected chi connectivity index (χ3v) is 2.37. The first-order valence-electron chi connectivity index (χ1n) is 5.53. The highest BCUT2D eigenvalue weighted by molar-refractivity contribution is 5.81. The van der Waals surface area contributed by atoms with E-state index < -0.39 is 0 Å². The topological polar surface area (TPSA) is 52.6 Å². The van der Waals surface area contributed by atoms with E-state index in [-0.39, 0.29) is 24.1 Å². The summed E-state index contributed by atoms with van der Waals surface area (Å²) in [6.45, 7) is 8.25. The number of nitrogens with zero attached hydrogens (tertiary/aromatic N) is 1. The fraction of sp³-hybridized carbons (Fsp3) is 0.909. The third-order valence-electron chi connectivity index (χ3n) is 2.37. The zero-order valence-electron chi connectivity index (χ0n) is 10.4. The van der Waals surface area contributed by atoms with E-state index in [0.29, 0.717) is 6.42 Å². The average Bonchev–Trinajstić information content (AvgIpc) is 2.11. The molecule has 1 amide bonds. The van der Waals surface area contributed by atoms with Gasteiger partial charge < -0.3 is 10.4 Å². The molecule has 0 rings (SSSR count). The molecular weight excluding hydrogens is 192 g/mol. The quantitative estimate of drug-likeness (QED) is 0.683. The second-order valence-electron chi connectivity index (χ2n) is 4.46. The van der Waals surface area contributed by atoms with Crippen molar-refractivity contribution in [2.75, 3.05) is 13.6 Å². The molecule has 4 heteroatoms. The van der Waals surface area contributed by atoms with Gasteiger partial charge in [0.2, 0.25) is 5.91 Å². The van der Waals surface area contributed by atoms with Gasteiger partial charge in [-0.25, -0.2) is 0 Å². The molecule has 15 heavy (non-hydrogen) atoms. The van der Waals surface area contributed by atoms with Gasteiger partial charge in [0.1, 0.15) is 0 Å². The van der Waals surface area contributed by atoms with E-state index in [0.717, 1.165) is 6.54 Å². The van der Waals surface area contributed by atoms with Gasteiger partial charge in [0.05, 0.1) is 12.1 Å². The lowest BCUT2D eigenvalue weighted by atomic mass is 10.2. The zero-order valence-corrected chi connectivity index (χ0v) is 10.4. The Morgan fingerprint density at radius 3 is 2.27 bits per heavy atom. The first-order chi connectivity index (χ1) is 6.84. The van der Waals surface area contributed by atoms with E-state index in [1.165, 1.54) is 0 Å². The van der Waals surface area contributed by atoms with Crippen molar-refractivity contribution in [1.29, 1.82) is 0 Å². The van der Waals surface area contributed by atoms with Crippen LogP contribution in [0.25, 0.3) is 0 Å². The molecule has 0 aliphatic carbocycles. The summed E-state index contributed by atoms with van der Waals surface area (Å²) >= 11 is 0. The highest BCUT2D eigenvalue weighted by Crippen LogP contribution is 2.00. The van der Waals surface area contributed by atoms with Crippen LogP contribution in [-0.2, 0) is 4.79 Å². The number of hydrogen-bond donors (Lipinski definition) is 2. The lowest BCUT2D eigenvalue weighted by molar-refractivity contribution is -0.126. The summed E-state index contributed by atoms with van der Waals surface area (Å²) < 4.78 is 0. The zero-order chi connectivity index (χ0) is 12.0. The molecule has 2 N–H and O–H groups in total. The van der Waals surface area contributed by atoms with Crippen LogP contribution in [0.5, 0.6) is 0 Å². The summed E-state index contributed by atoms with van der Waals surface area (Å²) in [4.78, 5) is 13.6. The minimum absolute atomic E-state index is 0.0399. The van der Waals surface area contributed by atoms with Crippen molar-refractivity contribution in [1.82, 2.24) is 10.2 Å². The Bertz CT molecular complexity index is 193. The lowest BCUT2D eigenvalue weighted by Crippen LogP contribution is -2.46. The van der Waals surface area contributed by atoms with E-state index in [9.17, 15) is 4.79 Å². The van der Waals surface area contributed by atoms with E-state index in [1.807, 2.05) is 32.7 Å². The van der Waals surface area contributed by atoms with Crippen LogP contribution in [0.4, 0.5) is 0 Å². The Morgan fingerprint density at radius 2 is 1.87 bits per heavy atom. The largest absolute Gasteiger partial charge is 0.393 e. The van der Waals surface area contributed by atoms with Crippen LogP contribution in [0.1, 0.15) is 34.1 Å². The molecule has 4 nitrogen and oxygen atoms in total. The molecule has 0 bridgehead atoms. The Morgan fingerprint density at radius 1 is 1.33 bits per heavy atom. The van der Waals surface area contributed by atoms with Crippen molar-refractivity contribution in [3.05, 3.63) is 0 Å². The smallest absolute Gasteiger partial charge is 0.237 e. The summed E-state index contributed by atoms with van der Waals surface area (Å²) in [5, 5.41) is 12.0. The van der Waals surface area contributed by atoms with Gasteiger partial charge in [0.15, 0.2) is 0 Å². The maximum absolute atomic E-state index is 11.6. The number of aliphatic hydroxyl groups excluding tert-OH is 1. The average molecular weight is 216 g/mol. The number of hydrogen-bond acceptors (Lipinski definition) is 3. The predicted octanol–water partition coefficient (Wildman–Crippen LogP) is 0.602. The van der Waals surface area contributed by atoms with E-state index in [4.69, 9.17) is 5.11 Å². The van der Waals surface area contributed by atoms with Gasteiger partial charge in [-0.3, -0.25) is 9.69 Å².